The van der Waals surface area contributed by atoms with Gasteiger partial charge in [-0.05, 0) is 51.3 Å². The molecule has 2 rings (SSSR count). The summed E-state index contributed by atoms with van der Waals surface area (Å²) < 4.78 is 1.17. The minimum atomic E-state index is 0.147. The maximum absolute atomic E-state index is 3.63. The van der Waals surface area contributed by atoms with Gasteiger partial charge >= 0.3 is 0 Å². The van der Waals surface area contributed by atoms with Crippen molar-refractivity contribution in [1.29, 1.82) is 0 Å². The van der Waals surface area contributed by atoms with Crippen molar-refractivity contribution in [2.45, 2.75) is 71.0 Å². The van der Waals surface area contributed by atoms with Crippen molar-refractivity contribution < 1.29 is 0 Å². The minimum Gasteiger partial charge on any atom is -0.371 e. The molecule has 1 aliphatic carbocycles. The highest BCUT2D eigenvalue weighted by Crippen LogP contribution is 2.30. The first-order chi connectivity index (χ1) is 9.87. The maximum atomic E-state index is 3.63. The number of nitrogens with one attached hydrogen (secondary N) is 1. The molecule has 0 heterocycles. The summed E-state index contributed by atoms with van der Waals surface area (Å²) in [5, 5.41) is 3.61. The van der Waals surface area contributed by atoms with E-state index in [0.717, 1.165) is 6.54 Å². The Bertz CT molecular complexity index is 459. The predicted octanol–water partition coefficient (Wildman–Crippen LogP) is 5.11. The fourth-order valence-electron chi connectivity index (χ4n) is 3.04. The largest absolute Gasteiger partial charge is 0.371 e. The Hall–Kier alpha value is -0.540. The van der Waals surface area contributed by atoms with Gasteiger partial charge in [0, 0.05) is 35.3 Å². The molecule has 1 aromatic carbocycles. The lowest BCUT2D eigenvalue weighted by Gasteiger charge is -2.35. The van der Waals surface area contributed by atoms with E-state index >= 15 is 0 Å². The standard InChI is InChI=1S/C18H29BrN2/c1-18(2,3)20-13-14-10-11-15(19)12-17(14)21(4)16-8-6-5-7-9-16/h10-12,16,20H,5-9,13H2,1-4H3. The smallest absolute Gasteiger partial charge is 0.0423 e. The minimum absolute atomic E-state index is 0.147. The molecule has 0 saturated heterocycles. The monoisotopic (exact) mass is 352 g/mol. The zero-order valence-electron chi connectivity index (χ0n) is 13.9. The molecule has 0 spiro atoms. The highest BCUT2D eigenvalue weighted by atomic mass is 79.9. The molecule has 0 bridgehead atoms. The van der Waals surface area contributed by atoms with Crippen LogP contribution in [0.1, 0.15) is 58.4 Å². The van der Waals surface area contributed by atoms with Gasteiger partial charge in [-0.15, -0.1) is 0 Å². The lowest BCUT2D eigenvalue weighted by atomic mass is 9.93. The molecule has 1 fully saturated rings. The number of nitrogens with zero attached hydrogens (tertiary/aromatic N) is 1. The molecule has 2 nitrogen and oxygen atoms in total. The molecule has 0 radical (unpaired) electrons. The van der Waals surface area contributed by atoms with E-state index in [-0.39, 0.29) is 5.54 Å². The third-order valence-corrected chi connectivity index (χ3v) is 4.85. The zero-order valence-corrected chi connectivity index (χ0v) is 15.5. The first-order valence-corrected chi connectivity index (χ1v) is 8.92. The highest BCUT2D eigenvalue weighted by Gasteiger charge is 2.21. The maximum Gasteiger partial charge on any atom is 0.0423 e. The van der Waals surface area contributed by atoms with Gasteiger partial charge in [0.25, 0.3) is 0 Å². The number of anilines is 1. The third kappa shape index (κ3) is 5.00. The summed E-state index contributed by atoms with van der Waals surface area (Å²) in [6.45, 7) is 7.58. The fourth-order valence-corrected chi connectivity index (χ4v) is 3.39. The quantitative estimate of drug-likeness (QED) is 0.810. The molecule has 1 aromatic rings. The second-order valence-corrected chi connectivity index (χ2v) is 8.20. The molecule has 0 amide bonds. The summed E-state index contributed by atoms with van der Waals surface area (Å²) >= 11 is 3.63. The number of hydrogen-bond acceptors (Lipinski definition) is 2. The molecule has 21 heavy (non-hydrogen) atoms. The summed E-state index contributed by atoms with van der Waals surface area (Å²) in [6.07, 6.45) is 6.81. The van der Waals surface area contributed by atoms with Crippen molar-refractivity contribution in [2.75, 3.05) is 11.9 Å². The van der Waals surface area contributed by atoms with Crippen molar-refractivity contribution in [3.63, 3.8) is 0 Å². The van der Waals surface area contributed by atoms with E-state index in [9.17, 15) is 0 Å². The van der Waals surface area contributed by atoms with Gasteiger partial charge in [-0.1, -0.05) is 41.3 Å². The Balaban J connectivity index is 2.17. The summed E-state index contributed by atoms with van der Waals surface area (Å²) in [6, 6.07) is 7.37. The van der Waals surface area contributed by atoms with Crippen LogP contribution in [0.4, 0.5) is 5.69 Å². The second-order valence-electron chi connectivity index (χ2n) is 7.28. The van der Waals surface area contributed by atoms with E-state index in [4.69, 9.17) is 0 Å². The lowest BCUT2D eigenvalue weighted by Crippen LogP contribution is -2.37. The van der Waals surface area contributed by atoms with E-state index < -0.39 is 0 Å². The van der Waals surface area contributed by atoms with Crippen molar-refractivity contribution in [3.05, 3.63) is 28.2 Å². The number of hydrogen-bond donors (Lipinski definition) is 1. The van der Waals surface area contributed by atoms with E-state index in [1.807, 2.05) is 0 Å². The first kappa shape index (κ1) is 16.8. The summed E-state index contributed by atoms with van der Waals surface area (Å²) in [5.41, 5.74) is 2.91. The van der Waals surface area contributed by atoms with Gasteiger partial charge in [0.15, 0.2) is 0 Å². The van der Waals surface area contributed by atoms with Gasteiger partial charge in [0.1, 0.15) is 0 Å². The summed E-state index contributed by atoms with van der Waals surface area (Å²) in [7, 11) is 2.26. The molecule has 118 valence electrons. The molecule has 3 heteroatoms. The molecule has 0 aromatic heterocycles. The van der Waals surface area contributed by atoms with Gasteiger partial charge in [0.2, 0.25) is 0 Å². The SMILES string of the molecule is CN(c1cc(Br)ccc1CNC(C)(C)C)C1CCCCC1. The number of benzene rings is 1. The molecule has 0 aliphatic heterocycles. The molecule has 1 saturated carbocycles. The van der Waals surface area contributed by atoms with E-state index in [0.29, 0.717) is 6.04 Å². The molecular weight excluding hydrogens is 324 g/mol. The van der Waals surface area contributed by atoms with Crippen LogP contribution in [-0.2, 0) is 6.54 Å². The van der Waals surface area contributed by atoms with E-state index in [1.165, 1.54) is 47.8 Å². The molecule has 0 atom stereocenters. The number of rotatable bonds is 4. The number of halogens is 1. The fraction of sp³-hybridized carbons (Fsp3) is 0.667. The van der Waals surface area contributed by atoms with Crippen LogP contribution in [-0.4, -0.2) is 18.6 Å². The topological polar surface area (TPSA) is 15.3 Å². The van der Waals surface area contributed by atoms with Crippen LogP contribution in [0.5, 0.6) is 0 Å². The lowest BCUT2D eigenvalue weighted by molar-refractivity contribution is 0.418. The summed E-state index contributed by atoms with van der Waals surface area (Å²) in [5.74, 6) is 0. The van der Waals surface area contributed by atoms with Gasteiger partial charge < -0.3 is 10.2 Å². The van der Waals surface area contributed by atoms with Crippen LogP contribution < -0.4 is 10.2 Å². The Morgan fingerprint density at radius 2 is 1.86 bits per heavy atom. The van der Waals surface area contributed by atoms with Crippen molar-refractivity contribution in [3.8, 4) is 0 Å². The van der Waals surface area contributed by atoms with Crippen molar-refractivity contribution in [2.24, 2.45) is 0 Å². The van der Waals surface area contributed by atoms with Gasteiger partial charge in [-0.3, -0.25) is 0 Å². The van der Waals surface area contributed by atoms with Crippen LogP contribution in [0.15, 0.2) is 22.7 Å². The first-order valence-electron chi connectivity index (χ1n) is 8.13. The van der Waals surface area contributed by atoms with Crippen LogP contribution in [0, 0.1) is 0 Å². The van der Waals surface area contributed by atoms with Gasteiger partial charge in [-0.25, -0.2) is 0 Å². The average molecular weight is 353 g/mol. The summed E-state index contributed by atoms with van der Waals surface area (Å²) in [4.78, 5) is 2.50. The van der Waals surface area contributed by atoms with E-state index in [2.05, 4.69) is 72.2 Å². The molecule has 0 unspecified atom stereocenters. The highest BCUT2D eigenvalue weighted by molar-refractivity contribution is 9.10. The normalized spacial score (nSPS) is 17.0. The Morgan fingerprint density at radius 1 is 1.19 bits per heavy atom. The van der Waals surface area contributed by atoms with Crippen LogP contribution in [0.3, 0.4) is 0 Å². The van der Waals surface area contributed by atoms with Crippen molar-refractivity contribution in [1.82, 2.24) is 5.32 Å². The average Bonchev–Trinajstić information content (AvgIpc) is 2.45. The molecule has 1 N–H and O–H groups in total. The Labute approximate surface area is 138 Å². The van der Waals surface area contributed by atoms with Crippen molar-refractivity contribution >= 4 is 21.6 Å². The molecular formula is C18H29BrN2. The van der Waals surface area contributed by atoms with Crippen LogP contribution in [0.2, 0.25) is 0 Å². The predicted molar refractivity (Wildman–Crippen MR) is 96.0 cm³/mol. The Morgan fingerprint density at radius 3 is 2.48 bits per heavy atom. The second kappa shape index (κ2) is 7.15. The zero-order chi connectivity index (χ0) is 15.5. The third-order valence-electron chi connectivity index (χ3n) is 4.36. The van der Waals surface area contributed by atoms with Gasteiger partial charge in [0.05, 0.1) is 0 Å². The van der Waals surface area contributed by atoms with Crippen LogP contribution in [0.25, 0.3) is 0 Å². The van der Waals surface area contributed by atoms with Crippen LogP contribution >= 0.6 is 15.9 Å². The van der Waals surface area contributed by atoms with Gasteiger partial charge in [-0.2, -0.15) is 0 Å². The van der Waals surface area contributed by atoms with E-state index in [1.54, 1.807) is 0 Å². The molecule has 1 aliphatic rings. The Kier molecular flexibility index (Phi) is 5.73.